The van der Waals surface area contributed by atoms with Crippen molar-refractivity contribution < 1.29 is 9.53 Å². The number of hydrogen-bond donors (Lipinski definition) is 2. The van der Waals surface area contributed by atoms with Crippen LogP contribution in [-0.2, 0) is 11.3 Å². The molecule has 2 N–H and O–H groups in total. The molecule has 1 rings (SSSR count). The van der Waals surface area contributed by atoms with Gasteiger partial charge in [-0.25, -0.2) is 0 Å². The van der Waals surface area contributed by atoms with Crippen LogP contribution in [0.2, 0.25) is 0 Å². The maximum Gasteiger partial charge on any atom is 0.223 e. The molecule has 0 spiro atoms. The van der Waals surface area contributed by atoms with Gasteiger partial charge in [0.25, 0.3) is 0 Å². The van der Waals surface area contributed by atoms with Crippen LogP contribution in [0.15, 0.2) is 12.1 Å². The van der Waals surface area contributed by atoms with Gasteiger partial charge in [-0.15, -0.1) is 0 Å². The van der Waals surface area contributed by atoms with Crippen molar-refractivity contribution in [1.82, 2.24) is 10.6 Å². The van der Waals surface area contributed by atoms with E-state index in [1.807, 2.05) is 13.8 Å². The molecule has 19 heavy (non-hydrogen) atoms. The van der Waals surface area contributed by atoms with E-state index < -0.39 is 0 Å². The number of rotatable bonds is 7. The second-order valence-electron chi connectivity index (χ2n) is 4.61. The van der Waals surface area contributed by atoms with Crippen LogP contribution < -0.4 is 15.4 Å². The molecular weight excluding hydrogens is 240 g/mol. The first-order valence-corrected chi connectivity index (χ1v) is 6.72. The molecule has 106 valence electrons. The Morgan fingerprint density at radius 2 is 1.89 bits per heavy atom. The van der Waals surface area contributed by atoms with Gasteiger partial charge in [0, 0.05) is 13.6 Å². The molecular formula is C15H24N2O2. The van der Waals surface area contributed by atoms with Crippen molar-refractivity contribution in [2.24, 2.45) is 0 Å². The van der Waals surface area contributed by atoms with E-state index in [4.69, 9.17) is 4.74 Å². The summed E-state index contributed by atoms with van der Waals surface area (Å²) in [7, 11) is 1.63. The number of ether oxygens (including phenoxy) is 1. The first kappa shape index (κ1) is 15.5. The lowest BCUT2D eigenvalue weighted by atomic mass is 10.1. The smallest absolute Gasteiger partial charge is 0.223 e. The molecule has 0 aliphatic heterocycles. The molecule has 0 saturated heterocycles. The van der Waals surface area contributed by atoms with Gasteiger partial charge in [0.15, 0.2) is 0 Å². The summed E-state index contributed by atoms with van der Waals surface area (Å²) < 4.78 is 5.72. The van der Waals surface area contributed by atoms with Crippen molar-refractivity contribution in [3.05, 3.63) is 28.8 Å². The zero-order valence-corrected chi connectivity index (χ0v) is 12.3. The van der Waals surface area contributed by atoms with Gasteiger partial charge in [-0.3, -0.25) is 4.79 Å². The van der Waals surface area contributed by atoms with Crippen molar-refractivity contribution in [2.45, 2.75) is 33.7 Å². The van der Waals surface area contributed by atoms with Gasteiger partial charge in [0.2, 0.25) is 5.91 Å². The topological polar surface area (TPSA) is 50.4 Å². The maximum absolute atomic E-state index is 11.1. The van der Waals surface area contributed by atoms with Crippen LogP contribution in [0.3, 0.4) is 0 Å². The fourth-order valence-corrected chi connectivity index (χ4v) is 2.01. The van der Waals surface area contributed by atoms with Crippen LogP contribution in [0.25, 0.3) is 0 Å². The van der Waals surface area contributed by atoms with Gasteiger partial charge < -0.3 is 15.4 Å². The molecule has 0 bridgehead atoms. The highest BCUT2D eigenvalue weighted by Crippen LogP contribution is 2.25. The minimum Gasteiger partial charge on any atom is -0.493 e. The maximum atomic E-state index is 11.1. The first-order valence-electron chi connectivity index (χ1n) is 6.72. The molecule has 0 atom stereocenters. The summed E-state index contributed by atoms with van der Waals surface area (Å²) in [6, 6.07) is 4.26. The SMILES string of the molecule is CCNCc1cc(C)c(OCCC(=O)NC)c(C)c1. The van der Waals surface area contributed by atoms with Crippen LogP contribution in [-0.4, -0.2) is 26.1 Å². The Hall–Kier alpha value is -1.55. The molecule has 1 aromatic carbocycles. The fraction of sp³-hybridized carbons (Fsp3) is 0.533. The second-order valence-corrected chi connectivity index (χ2v) is 4.61. The predicted octanol–water partition coefficient (Wildman–Crippen LogP) is 1.93. The van der Waals surface area contributed by atoms with Crippen molar-refractivity contribution >= 4 is 5.91 Å². The number of carbonyl (C=O) groups excluding carboxylic acids is 1. The average molecular weight is 264 g/mol. The van der Waals surface area contributed by atoms with Gasteiger partial charge in [0.05, 0.1) is 13.0 Å². The van der Waals surface area contributed by atoms with Crippen LogP contribution in [0, 0.1) is 13.8 Å². The molecule has 0 aliphatic carbocycles. The fourth-order valence-electron chi connectivity index (χ4n) is 2.01. The summed E-state index contributed by atoms with van der Waals surface area (Å²) in [4.78, 5) is 11.1. The summed E-state index contributed by atoms with van der Waals surface area (Å²) in [5.74, 6) is 0.892. The standard InChI is InChI=1S/C15H24N2O2/c1-5-17-10-13-8-11(2)15(12(3)9-13)19-7-6-14(18)16-4/h8-9,17H,5-7,10H2,1-4H3,(H,16,18). The number of nitrogens with one attached hydrogen (secondary N) is 2. The highest BCUT2D eigenvalue weighted by molar-refractivity contribution is 5.75. The summed E-state index contributed by atoms with van der Waals surface area (Å²) in [6.45, 7) is 8.42. The van der Waals surface area contributed by atoms with Crippen molar-refractivity contribution in [1.29, 1.82) is 0 Å². The number of aryl methyl sites for hydroxylation is 2. The Kier molecular flexibility index (Phi) is 6.36. The third-order valence-electron chi connectivity index (χ3n) is 2.95. The average Bonchev–Trinajstić information content (AvgIpc) is 2.39. The largest absolute Gasteiger partial charge is 0.493 e. The van der Waals surface area contributed by atoms with Gasteiger partial charge >= 0.3 is 0 Å². The lowest BCUT2D eigenvalue weighted by Crippen LogP contribution is -2.20. The molecule has 0 saturated carbocycles. The summed E-state index contributed by atoms with van der Waals surface area (Å²) in [6.07, 6.45) is 0.383. The molecule has 0 heterocycles. The number of amides is 1. The summed E-state index contributed by atoms with van der Waals surface area (Å²) >= 11 is 0. The Morgan fingerprint density at radius 3 is 2.42 bits per heavy atom. The van der Waals surface area contributed by atoms with E-state index in [0.29, 0.717) is 13.0 Å². The minimum atomic E-state index is -0.000859. The lowest BCUT2D eigenvalue weighted by Gasteiger charge is -2.14. The molecule has 0 fully saturated rings. The van der Waals surface area contributed by atoms with E-state index in [-0.39, 0.29) is 5.91 Å². The first-order chi connectivity index (χ1) is 9.08. The zero-order chi connectivity index (χ0) is 14.3. The van der Waals surface area contributed by atoms with Gasteiger partial charge in [0.1, 0.15) is 5.75 Å². The molecule has 0 aliphatic rings. The van der Waals surface area contributed by atoms with Crippen LogP contribution in [0.5, 0.6) is 5.75 Å². The molecule has 1 aromatic rings. The molecule has 0 unspecified atom stereocenters. The van der Waals surface area contributed by atoms with Gasteiger partial charge in [-0.1, -0.05) is 19.1 Å². The molecule has 4 nitrogen and oxygen atoms in total. The van der Waals surface area contributed by atoms with E-state index >= 15 is 0 Å². The molecule has 1 amide bonds. The van der Waals surface area contributed by atoms with E-state index in [2.05, 4.69) is 29.7 Å². The third-order valence-corrected chi connectivity index (χ3v) is 2.95. The highest BCUT2D eigenvalue weighted by atomic mass is 16.5. The van der Waals surface area contributed by atoms with Crippen molar-refractivity contribution in [2.75, 3.05) is 20.2 Å². The number of hydrogen-bond acceptors (Lipinski definition) is 3. The molecule has 4 heteroatoms. The van der Waals surface area contributed by atoms with Gasteiger partial charge in [-0.05, 0) is 37.1 Å². The minimum absolute atomic E-state index is 0.000859. The monoisotopic (exact) mass is 264 g/mol. The molecule has 0 radical (unpaired) electrons. The zero-order valence-electron chi connectivity index (χ0n) is 12.3. The van der Waals surface area contributed by atoms with E-state index in [9.17, 15) is 4.79 Å². The Bertz CT molecular complexity index is 407. The van der Waals surface area contributed by atoms with E-state index in [1.165, 1.54) is 5.56 Å². The second kappa shape index (κ2) is 7.79. The molecule has 0 aromatic heterocycles. The van der Waals surface area contributed by atoms with Crippen molar-refractivity contribution in [3.8, 4) is 5.75 Å². The Balaban J connectivity index is 2.66. The highest BCUT2D eigenvalue weighted by Gasteiger charge is 2.07. The van der Waals surface area contributed by atoms with E-state index in [0.717, 1.165) is 30.0 Å². The van der Waals surface area contributed by atoms with Gasteiger partial charge in [-0.2, -0.15) is 0 Å². The van der Waals surface area contributed by atoms with Crippen LogP contribution >= 0.6 is 0 Å². The number of benzene rings is 1. The predicted molar refractivity (Wildman–Crippen MR) is 77.5 cm³/mol. The van der Waals surface area contributed by atoms with Crippen LogP contribution in [0.4, 0.5) is 0 Å². The summed E-state index contributed by atoms with van der Waals surface area (Å²) in [5, 5.41) is 5.90. The summed E-state index contributed by atoms with van der Waals surface area (Å²) in [5.41, 5.74) is 3.49. The Morgan fingerprint density at radius 1 is 1.26 bits per heavy atom. The van der Waals surface area contributed by atoms with Crippen LogP contribution in [0.1, 0.15) is 30.0 Å². The Labute approximate surface area is 115 Å². The number of carbonyl (C=O) groups is 1. The quantitative estimate of drug-likeness (QED) is 0.791. The van der Waals surface area contributed by atoms with E-state index in [1.54, 1.807) is 7.05 Å². The normalized spacial score (nSPS) is 10.3. The third kappa shape index (κ3) is 4.91. The van der Waals surface area contributed by atoms with Crippen molar-refractivity contribution in [3.63, 3.8) is 0 Å². The lowest BCUT2D eigenvalue weighted by molar-refractivity contribution is -0.121.